The lowest BCUT2D eigenvalue weighted by atomic mass is 9.96. The van der Waals surface area contributed by atoms with Crippen molar-refractivity contribution in [3.05, 3.63) is 30.0 Å². The third-order valence-corrected chi connectivity index (χ3v) is 5.65. The molecule has 1 heterocycles. The first kappa shape index (κ1) is 15.1. The molecular weight excluding hydrogens is 304 g/mol. The molecule has 1 aromatic heterocycles. The number of carbonyl (C=O) groups is 1. The Balaban J connectivity index is 2.03. The van der Waals surface area contributed by atoms with Gasteiger partial charge in [-0.15, -0.1) is 0 Å². The summed E-state index contributed by atoms with van der Waals surface area (Å²) < 4.78 is 28.1. The Labute approximate surface area is 128 Å². The summed E-state index contributed by atoms with van der Waals surface area (Å²) in [5.74, 6) is -1.15. The van der Waals surface area contributed by atoms with Crippen LogP contribution in [0.5, 0.6) is 0 Å². The SMILES string of the molecule is O=C(O)c1cc(S(=O)(=O)NC2CCCCC2)c2cc[nH]c2c1. The summed E-state index contributed by atoms with van der Waals surface area (Å²) >= 11 is 0. The van der Waals surface area contributed by atoms with Crippen LogP contribution in [0, 0.1) is 0 Å². The van der Waals surface area contributed by atoms with Crippen molar-refractivity contribution < 1.29 is 18.3 Å². The van der Waals surface area contributed by atoms with Crippen molar-refractivity contribution in [2.75, 3.05) is 0 Å². The van der Waals surface area contributed by atoms with Crippen LogP contribution in [-0.4, -0.2) is 30.5 Å². The maximum absolute atomic E-state index is 12.7. The average Bonchev–Trinajstić information content (AvgIpc) is 2.94. The molecule has 0 unspecified atom stereocenters. The zero-order valence-corrected chi connectivity index (χ0v) is 12.8. The molecule has 0 aliphatic heterocycles. The molecular formula is C15H18N2O4S. The Morgan fingerprint density at radius 3 is 2.64 bits per heavy atom. The van der Waals surface area contributed by atoms with E-state index in [1.807, 2.05) is 0 Å². The van der Waals surface area contributed by atoms with Gasteiger partial charge >= 0.3 is 5.97 Å². The zero-order chi connectivity index (χ0) is 15.7. The normalized spacial score (nSPS) is 16.9. The number of sulfonamides is 1. The summed E-state index contributed by atoms with van der Waals surface area (Å²) in [6.45, 7) is 0. The van der Waals surface area contributed by atoms with E-state index in [0.717, 1.165) is 32.1 Å². The van der Waals surface area contributed by atoms with E-state index in [9.17, 15) is 13.2 Å². The van der Waals surface area contributed by atoms with Gasteiger partial charge < -0.3 is 10.1 Å². The number of hydrogen-bond acceptors (Lipinski definition) is 3. The van der Waals surface area contributed by atoms with E-state index in [2.05, 4.69) is 9.71 Å². The van der Waals surface area contributed by atoms with Gasteiger partial charge in [0.1, 0.15) is 0 Å². The number of rotatable bonds is 4. The van der Waals surface area contributed by atoms with Crippen LogP contribution in [0.2, 0.25) is 0 Å². The monoisotopic (exact) mass is 322 g/mol. The molecule has 118 valence electrons. The highest BCUT2D eigenvalue weighted by atomic mass is 32.2. The molecule has 0 amide bonds. The first-order chi connectivity index (χ1) is 10.5. The van der Waals surface area contributed by atoms with Gasteiger partial charge in [-0.05, 0) is 31.0 Å². The number of aromatic nitrogens is 1. The number of nitrogens with one attached hydrogen (secondary N) is 2. The summed E-state index contributed by atoms with van der Waals surface area (Å²) in [6.07, 6.45) is 6.43. The average molecular weight is 322 g/mol. The topological polar surface area (TPSA) is 99.3 Å². The highest BCUT2D eigenvalue weighted by molar-refractivity contribution is 7.89. The molecule has 0 saturated heterocycles. The number of hydrogen-bond donors (Lipinski definition) is 3. The lowest BCUT2D eigenvalue weighted by molar-refractivity contribution is 0.0697. The first-order valence-corrected chi connectivity index (χ1v) is 8.82. The van der Waals surface area contributed by atoms with Crippen molar-refractivity contribution in [1.29, 1.82) is 0 Å². The Morgan fingerprint density at radius 1 is 1.23 bits per heavy atom. The van der Waals surface area contributed by atoms with Gasteiger partial charge in [-0.3, -0.25) is 0 Å². The summed E-state index contributed by atoms with van der Waals surface area (Å²) in [6, 6.07) is 4.25. The van der Waals surface area contributed by atoms with Crippen molar-refractivity contribution in [2.24, 2.45) is 0 Å². The lowest BCUT2D eigenvalue weighted by Gasteiger charge is -2.22. The molecule has 1 aliphatic carbocycles. The minimum absolute atomic E-state index is 0.0224. The van der Waals surface area contributed by atoms with Crippen molar-refractivity contribution in [3.8, 4) is 0 Å². The van der Waals surface area contributed by atoms with Crippen molar-refractivity contribution in [1.82, 2.24) is 9.71 Å². The van der Waals surface area contributed by atoms with E-state index in [1.165, 1.54) is 12.1 Å². The van der Waals surface area contributed by atoms with Crippen LogP contribution in [0.1, 0.15) is 42.5 Å². The molecule has 3 N–H and O–H groups in total. The van der Waals surface area contributed by atoms with E-state index in [0.29, 0.717) is 10.9 Å². The van der Waals surface area contributed by atoms with Crippen LogP contribution < -0.4 is 4.72 Å². The molecule has 22 heavy (non-hydrogen) atoms. The van der Waals surface area contributed by atoms with Crippen LogP contribution in [0.15, 0.2) is 29.3 Å². The Bertz CT molecular complexity index is 804. The maximum Gasteiger partial charge on any atom is 0.335 e. The standard InChI is InChI=1S/C15H18N2O4S/c18-15(19)10-8-13-12(6-7-16-13)14(9-10)22(20,21)17-11-4-2-1-3-5-11/h6-9,11,16-17H,1-5H2,(H,18,19). The van der Waals surface area contributed by atoms with Crippen molar-refractivity contribution >= 4 is 26.9 Å². The Kier molecular flexibility index (Phi) is 3.92. The summed E-state index contributed by atoms with van der Waals surface area (Å²) in [5, 5.41) is 9.67. The minimum Gasteiger partial charge on any atom is -0.478 e. The molecule has 6 nitrogen and oxygen atoms in total. The fraction of sp³-hybridized carbons (Fsp3) is 0.400. The van der Waals surface area contributed by atoms with E-state index < -0.39 is 16.0 Å². The van der Waals surface area contributed by atoms with Gasteiger partial charge in [0.15, 0.2) is 0 Å². The Morgan fingerprint density at radius 2 is 1.95 bits per heavy atom. The number of aromatic carboxylic acids is 1. The van der Waals surface area contributed by atoms with Gasteiger partial charge in [0.2, 0.25) is 10.0 Å². The zero-order valence-electron chi connectivity index (χ0n) is 12.0. The molecule has 2 aromatic rings. The second-order valence-electron chi connectivity index (χ2n) is 5.67. The quantitative estimate of drug-likeness (QED) is 0.805. The van der Waals surface area contributed by atoms with Gasteiger partial charge in [-0.2, -0.15) is 0 Å². The van der Waals surface area contributed by atoms with E-state index >= 15 is 0 Å². The fourth-order valence-corrected chi connectivity index (χ4v) is 4.53. The van der Waals surface area contributed by atoms with Gasteiger partial charge in [0, 0.05) is 23.1 Å². The van der Waals surface area contributed by atoms with E-state index in [4.69, 9.17) is 5.11 Å². The molecule has 0 atom stereocenters. The number of carboxylic acid groups (broad SMARTS) is 1. The van der Waals surface area contributed by atoms with Crippen LogP contribution in [-0.2, 0) is 10.0 Å². The predicted octanol–water partition coefficient (Wildman–Crippen LogP) is 2.48. The van der Waals surface area contributed by atoms with Crippen LogP contribution in [0.3, 0.4) is 0 Å². The molecule has 1 aliphatic rings. The van der Waals surface area contributed by atoms with E-state index in [1.54, 1.807) is 12.3 Å². The van der Waals surface area contributed by atoms with Crippen molar-refractivity contribution in [2.45, 2.75) is 43.0 Å². The number of benzene rings is 1. The molecule has 3 rings (SSSR count). The third-order valence-electron chi connectivity index (χ3n) is 4.09. The van der Waals surface area contributed by atoms with Crippen molar-refractivity contribution in [3.63, 3.8) is 0 Å². The molecule has 0 spiro atoms. The highest BCUT2D eigenvalue weighted by Crippen LogP contribution is 2.26. The summed E-state index contributed by atoms with van der Waals surface area (Å²) in [4.78, 5) is 14.1. The number of H-pyrrole nitrogens is 1. The highest BCUT2D eigenvalue weighted by Gasteiger charge is 2.25. The number of aromatic amines is 1. The molecule has 1 fully saturated rings. The predicted molar refractivity (Wildman–Crippen MR) is 82.5 cm³/mol. The minimum atomic E-state index is -3.75. The molecule has 7 heteroatoms. The van der Waals surface area contributed by atoms with Crippen LogP contribution in [0.25, 0.3) is 10.9 Å². The van der Waals surface area contributed by atoms with Gasteiger partial charge in [0.05, 0.1) is 10.5 Å². The van der Waals surface area contributed by atoms with Crippen LogP contribution in [0.4, 0.5) is 0 Å². The Hall–Kier alpha value is -1.86. The summed E-state index contributed by atoms with van der Waals surface area (Å²) in [7, 11) is -3.75. The second kappa shape index (κ2) is 5.73. The molecule has 1 aromatic carbocycles. The molecule has 0 radical (unpaired) electrons. The smallest absolute Gasteiger partial charge is 0.335 e. The fourth-order valence-electron chi connectivity index (χ4n) is 2.98. The number of carboxylic acids is 1. The van der Waals surface area contributed by atoms with Crippen LogP contribution >= 0.6 is 0 Å². The van der Waals surface area contributed by atoms with Gasteiger partial charge in [-0.1, -0.05) is 19.3 Å². The number of fused-ring (bicyclic) bond motifs is 1. The van der Waals surface area contributed by atoms with Gasteiger partial charge in [0.25, 0.3) is 0 Å². The largest absolute Gasteiger partial charge is 0.478 e. The maximum atomic E-state index is 12.7. The van der Waals surface area contributed by atoms with Gasteiger partial charge in [-0.25, -0.2) is 17.9 Å². The second-order valence-corrected chi connectivity index (χ2v) is 7.36. The first-order valence-electron chi connectivity index (χ1n) is 7.34. The van der Waals surface area contributed by atoms with E-state index in [-0.39, 0.29) is 16.5 Å². The third kappa shape index (κ3) is 2.86. The summed E-state index contributed by atoms with van der Waals surface area (Å²) in [5.41, 5.74) is 0.461. The lowest BCUT2D eigenvalue weighted by Crippen LogP contribution is -2.36. The molecule has 1 saturated carbocycles. The molecule has 0 bridgehead atoms.